The number of benzene rings is 2. The van der Waals surface area contributed by atoms with Gasteiger partial charge in [-0.15, -0.1) is 0 Å². The van der Waals surface area contributed by atoms with Crippen LogP contribution < -0.4 is 10.4 Å². The van der Waals surface area contributed by atoms with Gasteiger partial charge >= 0.3 is 0 Å². The highest BCUT2D eigenvalue weighted by Crippen LogP contribution is 2.56. The van der Waals surface area contributed by atoms with Gasteiger partial charge in [0.1, 0.15) is 16.1 Å². The minimum atomic E-state index is -1.84. The van der Waals surface area contributed by atoms with Crippen molar-refractivity contribution in [3.05, 3.63) is 107 Å². The first-order valence-corrected chi connectivity index (χ1v) is 24.5. The summed E-state index contributed by atoms with van der Waals surface area (Å²) in [4.78, 5) is 0. The van der Waals surface area contributed by atoms with Crippen molar-refractivity contribution in [3.63, 3.8) is 0 Å². The lowest BCUT2D eigenvalue weighted by Crippen LogP contribution is -2.46. The van der Waals surface area contributed by atoms with E-state index in [9.17, 15) is 0 Å². The van der Waals surface area contributed by atoms with Crippen LogP contribution in [0.5, 0.6) is 0 Å². The van der Waals surface area contributed by atoms with E-state index in [0.29, 0.717) is 22.9 Å². The lowest BCUT2D eigenvalue weighted by atomic mass is 10.0. The molecule has 0 radical (unpaired) electrons. The third-order valence-electron chi connectivity index (χ3n) is 11.5. The molecule has 4 unspecified atom stereocenters. The molecule has 2 aromatic carbocycles. The highest BCUT2D eigenvalue weighted by Gasteiger charge is 2.51. The molecule has 0 nitrogen and oxygen atoms in total. The molecule has 0 aliphatic heterocycles. The van der Waals surface area contributed by atoms with Crippen LogP contribution in [-0.2, 0) is 0 Å². The molecule has 0 amide bonds. The van der Waals surface area contributed by atoms with Crippen molar-refractivity contribution in [2.75, 3.05) is 0 Å². The first kappa shape index (κ1) is 32.0. The Bertz CT molecular complexity index is 1210. The molecule has 0 fully saturated rings. The van der Waals surface area contributed by atoms with Gasteiger partial charge in [-0.05, 0) is 22.9 Å². The molecule has 0 bridgehead atoms. The molecule has 41 heavy (non-hydrogen) atoms. The zero-order valence-corrected chi connectivity index (χ0v) is 30.7. The first-order valence-electron chi connectivity index (χ1n) is 16.5. The summed E-state index contributed by atoms with van der Waals surface area (Å²) in [7, 11) is -5.42. The summed E-state index contributed by atoms with van der Waals surface area (Å²) in [6.45, 7) is 25.0. The fraction of sp³-hybridized carbons (Fsp3) is 0.474. The third-order valence-corrected chi connectivity index (χ3v) is 26.8. The zero-order valence-electron chi connectivity index (χ0n) is 27.7. The quantitative estimate of drug-likeness (QED) is 0.214. The molecule has 0 saturated heterocycles. The van der Waals surface area contributed by atoms with Crippen LogP contribution in [0.4, 0.5) is 0 Å². The van der Waals surface area contributed by atoms with Crippen molar-refractivity contribution in [2.45, 2.75) is 104 Å². The Labute approximate surface area is 255 Å². The second-order valence-corrected chi connectivity index (χ2v) is 28.0. The molecule has 0 saturated carbocycles. The molecule has 4 atom stereocenters. The standard InChI is InChI=1S/C38H56Si3/c1-11-39(9,31-21-17-15-18-22-31)33-25-35(29(5)6)37(27-33)41(13-3,14-4)38-28-34(26-36(38)30(7)8)40(10,12-2)32-23-19-16-20-24-32/h15-30,37-38H,11-14H2,1-10H3. The molecular weight excluding hydrogens is 541 g/mol. The molecule has 0 aromatic heterocycles. The fourth-order valence-corrected chi connectivity index (χ4v) is 20.4. The predicted octanol–water partition coefficient (Wildman–Crippen LogP) is 10.3. The molecule has 0 heterocycles. The molecule has 4 rings (SSSR count). The maximum Gasteiger partial charge on any atom is 0.114 e. The number of rotatable bonds is 12. The minimum absolute atomic E-state index is 0.584. The largest absolute Gasteiger partial charge is 0.114 e. The lowest BCUT2D eigenvalue weighted by Gasteiger charge is -2.44. The maximum absolute atomic E-state index is 2.86. The maximum atomic E-state index is 2.86. The van der Waals surface area contributed by atoms with Crippen molar-refractivity contribution in [2.24, 2.45) is 11.8 Å². The topological polar surface area (TPSA) is 0 Å². The second kappa shape index (κ2) is 12.7. The van der Waals surface area contributed by atoms with E-state index in [2.05, 4.69) is 153 Å². The summed E-state index contributed by atoms with van der Waals surface area (Å²) in [5.74, 6) is 1.17. The lowest BCUT2D eigenvalue weighted by molar-refractivity contribution is 0.718. The molecule has 2 aromatic rings. The average molecular weight is 597 g/mol. The van der Waals surface area contributed by atoms with E-state index in [1.54, 1.807) is 31.9 Å². The van der Waals surface area contributed by atoms with Crippen LogP contribution in [0.15, 0.2) is 107 Å². The fourth-order valence-electron chi connectivity index (χ4n) is 8.01. The molecule has 0 spiro atoms. The van der Waals surface area contributed by atoms with E-state index in [0.717, 1.165) is 0 Å². The van der Waals surface area contributed by atoms with Crippen LogP contribution in [0.1, 0.15) is 55.4 Å². The summed E-state index contributed by atoms with van der Waals surface area (Å²) in [6, 6.07) is 28.2. The molecule has 220 valence electrons. The van der Waals surface area contributed by atoms with Gasteiger partial charge in [0, 0.05) is 0 Å². The summed E-state index contributed by atoms with van der Waals surface area (Å²) < 4.78 is 0. The second-order valence-electron chi connectivity index (χ2n) is 13.8. The Morgan fingerprint density at radius 1 is 0.537 bits per heavy atom. The zero-order chi connectivity index (χ0) is 30.0. The number of hydrogen-bond donors (Lipinski definition) is 0. The van der Waals surface area contributed by atoms with Crippen molar-refractivity contribution in [1.82, 2.24) is 0 Å². The molecular formula is C38H56Si3. The highest BCUT2D eigenvalue weighted by atomic mass is 28.3. The Hall–Kier alpha value is -1.95. The van der Waals surface area contributed by atoms with Gasteiger partial charge in [-0.2, -0.15) is 0 Å². The van der Waals surface area contributed by atoms with Gasteiger partial charge in [-0.3, -0.25) is 0 Å². The predicted molar refractivity (Wildman–Crippen MR) is 193 cm³/mol. The molecule has 0 N–H and O–H groups in total. The van der Waals surface area contributed by atoms with Gasteiger partial charge in [0.2, 0.25) is 0 Å². The first-order chi connectivity index (χ1) is 19.5. The average Bonchev–Trinajstić information content (AvgIpc) is 3.66. The summed E-state index contributed by atoms with van der Waals surface area (Å²) in [5, 5.41) is 6.58. The van der Waals surface area contributed by atoms with E-state index in [4.69, 9.17) is 0 Å². The summed E-state index contributed by atoms with van der Waals surface area (Å²) in [5.41, 5.74) is 4.73. The van der Waals surface area contributed by atoms with Crippen LogP contribution in [0.25, 0.3) is 0 Å². The van der Waals surface area contributed by atoms with Crippen molar-refractivity contribution in [1.29, 1.82) is 0 Å². The van der Waals surface area contributed by atoms with Crippen LogP contribution in [-0.4, -0.2) is 24.2 Å². The van der Waals surface area contributed by atoms with Crippen molar-refractivity contribution >= 4 is 34.6 Å². The van der Waals surface area contributed by atoms with Crippen LogP contribution in [0, 0.1) is 11.8 Å². The van der Waals surface area contributed by atoms with E-state index in [-0.39, 0.29) is 0 Å². The molecule has 2 aliphatic rings. The van der Waals surface area contributed by atoms with Gasteiger partial charge in [0.05, 0.1) is 8.07 Å². The normalized spacial score (nSPS) is 22.2. The van der Waals surface area contributed by atoms with E-state index < -0.39 is 24.2 Å². The van der Waals surface area contributed by atoms with Gasteiger partial charge in [0.15, 0.2) is 0 Å². The van der Waals surface area contributed by atoms with Gasteiger partial charge in [-0.25, -0.2) is 0 Å². The summed E-state index contributed by atoms with van der Waals surface area (Å²) in [6.07, 6.45) is 11.2. The van der Waals surface area contributed by atoms with E-state index in [1.807, 2.05) is 0 Å². The Morgan fingerprint density at radius 3 is 1.15 bits per heavy atom. The highest BCUT2D eigenvalue weighted by molar-refractivity contribution is 6.98. The Kier molecular flexibility index (Phi) is 9.93. The van der Waals surface area contributed by atoms with E-state index >= 15 is 0 Å². The van der Waals surface area contributed by atoms with Crippen molar-refractivity contribution < 1.29 is 0 Å². The van der Waals surface area contributed by atoms with E-state index in [1.165, 1.54) is 24.2 Å². The summed E-state index contributed by atoms with van der Waals surface area (Å²) >= 11 is 0. The Morgan fingerprint density at radius 2 is 0.878 bits per heavy atom. The smallest absolute Gasteiger partial charge is 0.0803 e. The monoisotopic (exact) mass is 596 g/mol. The number of hydrogen-bond acceptors (Lipinski definition) is 0. The van der Waals surface area contributed by atoms with Gasteiger partial charge < -0.3 is 0 Å². The van der Waals surface area contributed by atoms with Crippen LogP contribution in [0.2, 0.25) is 48.4 Å². The SMILES string of the molecule is CC[Si](C)(C1=CC([Si](CC)(CC)C2C=C([Si](C)(CC)c3ccccc3)C=C2C(C)C)C(C(C)C)=C1)c1ccccc1. The third kappa shape index (κ3) is 5.59. The van der Waals surface area contributed by atoms with Crippen molar-refractivity contribution in [3.8, 4) is 0 Å². The molecule has 2 aliphatic carbocycles. The Balaban J connectivity index is 1.89. The molecule has 3 heteroatoms. The minimum Gasteiger partial charge on any atom is -0.0803 e. The van der Waals surface area contributed by atoms with Gasteiger partial charge in [-0.1, -0.05) is 210 Å². The van der Waals surface area contributed by atoms with Crippen LogP contribution in [0.3, 0.4) is 0 Å². The van der Waals surface area contributed by atoms with Gasteiger partial charge in [0.25, 0.3) is 0 Å². The number of allylic oxidation sites excluding steroid dienone is 8. The van der Waals surface area contributed by atoms with Crippen LogP contribution >= 0.6 is 0 Å².